The number of rotatable bonds is 6. The smallest absolute Gasteiger partial charge is 0.355 e. The summed E-state index contributed by atoms with van der Waals surface area (Å²) in [6.45, 7) is 3.09. The van der Waals surface area contributed by atoms with Crippen LogP contribution in [0.25, 0.3) is 16.3 Å². The lowest BCUT2D eigenvalue weighted by molar-refractivity contribution is -0.137. The summed E-state index contributed by atoms with van der Waals surface area (Å²) in [4.78, 5) is 19.7. The molecule has 2 aliphatic heterocycles. The number of hydrogen-bond acceptors (Lipinski definition) is 7. The van der Waals surface area contributed by atoms with E-state index in [9.17, 15) is 18.0 Å². The second-order valence-corrected chi connectivity index (χ2v) is 12.6. The van der Waals surface area contributed by atoms with Crippen molar-refractivity contribution in [3.05, 3.63) is 91.9 Å². The molecule has 0 atom stereocenters. The molecular formula is C32H28Cl2F3N7OS. The molecule has 4 heterocycles. The number of nitrogens with zero attached hydrogens (tertiary/aromatic N) is 4. The zero-order valence-electron chi connectivity index (χ0n) is 24.3. The third-order valence-corrected chi connectivity index (χ3v) is 8.99. The van der Waals surface area contributed by atoms with Crippen molar-refractivity contribution in [3.8, 4) is 28.1 Å². The second kappa shape index (κ2) is 13.8. The highest BCUT2D eigenvalue weighted by molar-refractivity contribution is 7.16. The molecule has 8 nitrogen and oxygen atoms in total. The number of hydrazine groups is 1. The quantitative estimate of drug-likeness (QED) is 0.202. The van der Waals surface area contributed by atoms with Gasteiger partial charge in [0, 0.05) is 42.3 Å². The number of piperidine rings is 1. The topological polar surface area (TPSA) is 86.6 Å². The van der Waals surface area contributed by atoms with E-state index >= 15 is 0 Å². The highest BCUT2D eigenvalue weighted by Gasteiger charge is 2.30. The average molecular weight is 687 g/mol. The van der Waals surface area contributed by atoms with E-state index in [4.69, 9.17) is 28.3 Å². The molecule has 1 saturated heterocycles. The van der Waals surface area contributed by atoms with Crippen LogP contribution in [0.1, 0.15) is 51.3 Å². The predicted molar refractivity (Wildman–Crippen MR) is 174 cm³/mol. The van der Waals surface area contributed by atoms with Crippen LogP contribution in [0.3, 0.4) is 0 Å². The van der Waals surface area contributed by atoms with Gasteiger partial charge in [-0.25, -0.2) is 9.69 Å². The van der Waals surface area contributed by atoms with Gasteiger partial charge in [-0.15, -0.1) is 11.3 Å². The Kier molecular flexibility index (Phi) is 9.56. The minimum absolute atomic E-state index is 0.225. The Hall–Kier alpha value is -4.02. The van der Waals surface area contributed by atoms with Crippen LogP contribution in [-0.2, 0) is 12.7 Å². The first-order valence-electron chi connectivity index (χ1n) is 14.6. The monoisotopic (exact) mass is 685 g/mol. The van der Waals surface area contributed by atoms with E-state index in [1.54, 1.807) is 22.9 Å². The van der Waals surface area contributed by atoms with Crippen LogP contribution in [-0.4, -0.2) is 52.8 Å². The van der Waals surface area contributed by atoms with Crippen LogP contribution in [0.2, 0.25) is 10.0 Å². The number of amides is 1. The van der Waals surface area contributed by atoms with Crippen LogP contribution in [0.4, 0.5) is 13.2 Å². The highest BCUT2D eigenvalue weighted by atomic mass is 35.5. The van der Waals surface area contributed by atoms with Gasteiger partial charge in [0.1, 0.15) is 0 Å². The molecule has 0 saturated carbocycles. The summed E-state index contributed by atoms with van der Waals surface area (Å²) >= 11 is 14.3. The Morgan fingerprint density at radius 3 is 2.50 bits per heavy atom. The maximum Gasteiger partial charge on any atom is 0.416 e. The molecule has 14 heteroatoms. The van der Waals surface area contributed by atoms with Crippen molar-refractivity contribution in [3.63, 3.8) is 0 Å². The van der Waals surface area contributed by atoms with Gasteiger partial charge in [0.2, 0.25) is 0 Å². The number of hydrogen-bond donors (Lipinski definition) is 3. The lowest BCUT2D eigenvalue weighted by Crippen LogP contribution is -2.45. The van der Waals surface area contributed by atoms with E-state index in [-0.39, 0.29) is 18.1 Å². The number of carbonyl (C=O) groups is 1. The van der Waals surface area contributed by atoms with Crippen LogP contribution >= 0.6 is 34.5 Å². The fourth-order valence-corrected chi connectivity index (χ4v) is 6.59. The first kappa shape index (κ1) is 31.9. The van der Waals surface area contributed by atoms with Crippen molar-refractivity contribution >= 4 is 46.4 Å². The molecule has 1 fully saturated rings. The first-order chi connectivity index (χ1) is 22.2. The van der Waals surface area contributed by atoms with Gasteiger partial charge in [-0.2, -0.15) is 18.3 Å². The molecule has 0 radical (unpaired) electrons. The van der Waals surface area contributed by atoms with Crippen LogP contribution < -0.4 is 16.1 Å². The normalized spacial score (nSPS) is 15.1. The average Bonchev–Trinajstić information content (AvgIpc) is 3.80. The number of carbonyl (C=O) groups excluding carboxylic acids is 1. The Labute approximate surface area is 277 Å². The van der Waals surface area contributed by atoms with Gasteiger partial charge in [0.15, 0.2) is 11.7 Å². The summed E-state index contributed by atoms with van der Waals surface area (Å²) in [6, 6.07) is 13.5. The van der Waals surface area contributed by atoms with E-state index in [1.165, 1.54) is 23.5 Å². The molecule has 0 aliphatic carbocycles. The molecule has 2 aromatic carbocycles. The van der Waals surface area contributed by atoms with Gasteiger partial charge in [-0.3, -0.25) is 15.2 Å². The molecule has 1 amide bonds. The minimum Gasteiger partial charge on any atom is -0.355 e. The third-order valence-electron chi connectivity index (χ3n) is 7.44. The summed E-state index contributed by atoms with van der Waals surface area (Å²) < 4.78 is 40.6. The van der Waals surface area contributed by atoms with Crippen molar-refractivity contribution in [2.24, 2.45) is 4.99 Å². The summed E-state index contributed by atoms with van der Waals surface area (Å²) in [5.41, 5.74) is 4.76. The van der Waals surface area contributed by atoms with E-state index in [0.29, 0.717) is 56.5 Å². The van der Waals surface area contributed by atoms with Crippen LogP contribution in [0.15, 0.2) is 59.6 Å². The van der Waals surface area contributed by atoms with Gasteiger partial charge in [0.05, 0.1) is 38.3 Å². The van der Waals surface area contributed by atoms with Gasteiger partial charge in [-0.1, -0.05) is 41.5 Å². The van der Waals surface area contributed by atoms with Crippen molar-refractivity contribution < 1.29 is 18.0 Å². The Bertz CT molecular complexity index is 1830. The number of thiophene rings is 1. The first-order valence-corrected chi connectivity index (χ1v) is 16.2. The summed E-state index contributed by atoms with van der Waals surface area (Å²) in [5, 5.41) is 14.0. The van der Waals surface area contributed by atoms with Gasteiger partial charge in [-0.05, 0) is 67.4 Å². The molecular weight excluding hydrogens is 658 g/mol. The molecule has 0 spiro atoms. The number of aromatic nitrogens is 2. The summed E-state index contributed by atoms with van der Waals surface area (Å²) in [7, 11) is 0. The van der Waals surface area contributed by atoms with Crippen molar-refractivity contribution in [1.82, 2.24) is 30.8 Å². The fraction of sp³-hybridized carbons (Fsp3) is 0.281. The third kappa shape index (κ3) is 7.34. The number of nitrogens with one attached hydrogen (secondary N) is 3. The van der Waals surface area contributed by atoms with Crippen molar-refractivity contribution in [2.75, 3.05) is 26.2 Å². The predicted octanol–water partition coefficient (Wildman–Crippen LogP) is 6.51. The molecule has 46 heavy (non-hydrogen) atoms. The molecule has 2 aromatic heterocycles. The summed E-state index contributed by atoms with van der Waals surface area (Å²) in [6.07, 6.45) is -1.31. The standard InChI is InChI=1S/C32H28Cl2F3N7OS/c33-22-9-12-26(25(34)18-22)44-29(27-13-11-23(46-27)10-6-20-4-7-21(8-5-20)32(35,36)37)24(19-40-31-38-14-15-39-31)28(41-44)30(45)42-43-16-2-1-3-17-43/h4-5,7-9,11-13,18H,1-3,14-17,19H2,(H,42,45)(H2,38,39,40). The lowest BCUT2D eigenvalue weighted by Gasteiger charge is -2.26. The van der Waals surface area contributed by atoms with E-state index in [2.05, 4.69) is 32.9 Å². The van der Waals surface area contributed by atoms with Gasteiger partial charge in [0.25, 0.3) is 5.91 Å². The maximum absolute atomic E-state index is 13.8. The zero-order chi connectivity index (χ0) is 32.3. The molecule has 2 aliphatic rings. The molecule has 6 rings (SSSR count). The SMILES string of the molecule is O=C(NN1CCCCC1)c1nn(-c2ccc(Cl)cc2Cl)c(-c2ccc(C#Cc3ccc(C(F)(F)F)cc3)s2)c1CNC1=NCCN1. The Balaban J connectivity index is 1.41. The number of aliphatic imine (C=N–C) groups is 1. The van der Waals surface area contributed by atoms with Crippen LogP contribution in [0.5, 0.6) is 0 Å². The molecule has 238 valence electrons. The van der Waals surface area contributed by atoms with Crippen molar-refractivity contribution in [2.45, 2.75) is 32.0 Å². The molecule has 0 bridgehead atoms. The zero-order valence-corrected chi connectivity index (χ0v) is 26.7. The van der Waals surface area contributed by atoms with Gasteiger partial charge >= 0.3 is 6.18 Å². The number of alkyl halides is 3. The summed E-state index contributed by atoms with van der Waals surface area (Å²) in [5.74, 6) is 6.27. The van der Waals surface area contributed by atoms with Gasteiger partial charge < -0.3 is 10.6 Å². The van der Waals surface area contributed by atoms with Crippen LogP contribution in [0, 0.1) is 11.8 Å². The van der Waals surface area contributed by atoms with E-state index in [1.807, 2.05) is 17.1 Å². The number of guanidine groups is 1. The van der Waals surface area contributed by atoms with Crippen molar-refractivity contribution in [1.29, 1.82) is 0 Å². The maximum atomic E-state index is 13.8. The highest BCUT2D eigenvalue weighted by Crippen LogP contribution is 2.37. The number of halogens is 5. The number of benzene rings is 2. The van der Waals surface area contributed by atoms with E-state index in [0.717, 1.165) is 49.4 Å². The second-order valence-electron chi connectivity index (χ2n) is 10.7. The Morgan fingerprint density at radius 2 is 1.80 bits per heavy atom. The Morgan fingerprint density at radius 1 is 1.02 bits per heavy atom. The molecule has 0 unspecified atom stereocenters. The molecule has 3 N–H and O–H groups in total. The fourth-order valence-electron chi connectivity index (χ4n) is 5.18. The van der Waals surface area contributed by atoms with E-state index < -0.39 is 11.7 Å². The molecule has 4 aromatic rings. The minimum atomic E-state index is -4.42. The largest absolute Gasteiger partial charge is 0.416 e. The lowest BCUT2D eigenvalue weighted by atomic mass is 10.1.